The minimum absolute atomic E-state index is 0.00362. The van der Waals surface area contributed by atoms with E-state index in [1.807, 2.05) is 20.8 Å². The van der Waals surface area contributed by atoms with Crippen molar-refractivity contribution in [2.45, 2.75) is 64.3 Å². The minimum atomic E-state index is -0.515. The summed E-state index contributed by atoms with van der Waals surface area (Å²) >= 11 is 0. The molecule has 2 bridgehead atoms. The van der Waals surface area contributed by atoms with Gasteiger partial charge in [0.2, 0.25) is 0 Å². The highest BCUT2D eigenvalue weighted by atomic mass is 16.7. The second kappa shape index (κ2) is 6.78. The highest BCUT2D eigenvalue weighted by Gasteiger charge is 2.44. The van der Waals surface area contributed by atoms with E-state index in [-0.39, 0.29) is 30.3 Å². The number of rotatable bonds is 3. The molecule has 7 heteroatoms. The molecule has 0 aromatic heterocycles. The SMILES string of the molecule is C=CC(C)ONC(=O)N1C2CCC1CN(C(=O)OC(C)(C)C)C2. The van der Waals surface area contributed by atoms with Crippen LogP contribution in [0.25, 0.3) is 0 Å². The third-order valence-electron chi connectivity index (χ3n) is 4.03. The number of likely N-dealkylation sites (tertiary alicyclic amines) is 1. The molecule has 0 radical (unpaired) electrons. The Kier molecular flexibility index (Phi) is 5.19. The maximum absolute atomic E-state index is 12.3. The lowest BCUT2D eigenvalue weighted by Gasteiger charge is -2.41. The Bertz CT molecular complexity index is 460. The highest BCUT2D eigenvalue weighted by Crippen LogP contribution is 2.30. The third kappa shape index (κ3) is 4.37. The van der Waals surface area contributed by atoms with Gasteiger partial charge in [0.15, 0.2) is 0 Å². The molecule has 0 aliphatic carbocycles. The van der Waals surface area contributed by atoms with E-state index in [0.717, 1.165) is 12.8 Å². The van der Waals surface area contributed by atoms with Crippen LogP contribution < -0.4 is 5.48 Å². The molecule has 3 amide bonds. The van der Waals surface area contributed by atoms with Gasteiger partial charge in [-0.3, -0.25) is 4.84 Å². The van der Waals surface area contributed by atoms with Gasteiger partial charge in [0.05, 0.1) is 12.1 Å². The predicted octanol–water partition coefficient (Wildman–Crippen LogP) is 2.29. The number of piperazine rings is 1. The second-order valence-electron chi connectivity index (χ2n) is 7.14. The zero-order valence-electron chi connectivity index (χ0n) is 14.4. The number of nitrogens with one attached hydrogen (secondary N) is 1. The van der Waals surface area contributed by atoms with Crippen LogP contribution in [-0.4, -0.2) is 58.8 Å². The van der Waals surface area contributed by atoms with Crippen molar-refractivity contribution in [3.63, 3.8) is 0 Å². The van der Waals surface area contributed by atoms with E-state index in [2.05, 4.69) is 12.1 Å². The molecular weight excluding hydrogens is 298 g/mol. The van der Waals surface area contributed by atoms with Gasteiger partial charge >= 0.3 is 12.1 Å². The van der Waals surface area contributed by atoms with E-state index in [1.54, 1.807) is 22.8 Å². The van der Waals surface area contributed by atoms with E-state index in [9.17, 15) is 9.59 Å². The monoisotopic (exact) mass is 325 g/mol. The zero-order chi connectivity index (χ0) is 17.2. The fraction of sp³-hybridized carbons (Fsp3) is 0.750. The molecule has 2 rings (SSSR count). The summed E-state index contributed by atoms with van der Waals surface area (Å²) in [4.78, 5) is 33.2. The Morgan fingerprint density at radius 3 is 2.30 bits per heavy atom. The van der Waals surface area contributed by atoms with E-state index >= 15 is 0 Å². The van der Waals surface area contributed by atoms with Crippen LogP contribution in [0.1, 0.15) is 40.5 Å². The molecule has 0 saturated carbocycles. The van der Waals surface area contributed by atoms with Crippen molar-refractivity contribution in [2.24, 2.45) is 0 Å². The number of hydrogen-bond donors (Lipinski definition) is 1. The Morgan fingerprint density at radius 1 is 1.26 bits per heavy atom. The summed E-state index contributed by atoms with van der Waals surface area (Å²) in [6, 6.07) is -0.247. The normalized spacial score (nSPS) is 25.0. The number of nitrogens with zero attached hydrogens (tertiary/aromatic N) is 2. The Balaban J connectivity index is 1.93. The Hall–Kier alpha value is -1.76. The van der Waals surface area contributed by atoms with Crippen molar-refractivity contribution in [3.8, 4) is 0 Å². The molecule has 7 nitrogen and oxygen atoms in total. The smallest absolute Gasteiger partial charge is 0.410 e. The number of urea groups is 1. The van der Waals surface area contributed by atoms with Crippen molar-refractivity contribution in [3.05, 3.63) is 12.7 Å². The first kappa shape index (κ1) is 17.6. The van der Waals surface area contributed by atoms with Crippen LogP contribution in [0.3, 0.4) is 0 Å². The number of ether oxygens (including phenoxy) is 1. The number of fused-ring (bicyclic) bond motifs is 2. The van der Waals surface area contributed by atoms with Crippen LogP contribution in [0.15, 0.2) is 12.7 Å². The molecule has 23 heavy (non-hydrogen) atoms. The van der Waals surface area contributed by atoms with Gasteiger partial charge in [0.1, 0.15) is 11.7 Å². The first-order valence-corrected chi connectivity index (χ1v) is 8.05. The number of hydrogen-bond acceptors (Lipinski definition) is 4. The van der Waals surface area contributed by atoms with Crippen LogP contribution in [0.4, 0.5) is 9.59 Å². The zero-order valence-corrected chi connectivity index (χ0v) is 14.4. The van der Waals surface area contributed by atoms with Crippen LogP contribution in [0.2, 0.25) is 0 Å². The lowest BCUT2D eigenvalue weighted by Crippen LogP contribution is -2.59. The molecule has 2 heterocycles. The van der Waals surface area contributed by atoms with E-state index in [4.69, 9.17) is 9.57 Å². The van der Waals surface area contributed by atoms with E-state index < -0.39 is 5.60 Å². The van der Waals surface area contributed by atoms with E-state index in [0.29, 0.717) is 13.1 Å². The summed E-state index contributed by atoms with van der Waals surface area (Å²) in [6.07, 6.45) is 2.81. The molecule has 2 aliphatic heterocycles. The summed E-state index contributed by atoms with van der Waals surface area (Å²) in [5.41, 5.74) is 1.95. The maximum atomic E-state index is 12.3. The summed E-state index contributed by atoms with van der Waals surface area (Å²) in [6.45, 7) is 11.9. The molecule has 0 aromatic rings. The highest BCUT2D eigenvalue weighted by molar-refractivity contribution is 5.75. The molecule has 3 unspecified atom stereocenters. The van der Waals surface area contributed by atoms with Gasteiger partial charge in [-0.15, -0.1) is 6.58 Å². The summed E-state index contributed by atoms with van der Waals surface area (Å²) in [5, 5.41) is 0. The maximum Gasteiger partial charge on any atom is 0.410 e. The molecule has 2 aliphatic rings. The van der Waals surface area contributed by atoms with E-state index in [1.165, 1.54) is 0 Å². The first-order chi connectivity index (χ1) is 10.7. The third-order valence-corrected chi connectivity index (χ3v) is 4.03. The van der Waals surface area contributed by atoms with Gasteiger partial charge in [0.25, 0.3) is 0 Å². The molecule has 1 N–H and O–H groups in total. The fourth-order valence-corrected chi connectivity index (χ4v) is 2.95. The lowest BCUT2D eigenvalue weighted by atomic mass is 10.2. The van der Waals surface area contributed by atoms with Crippen LogP contribution in [0, 0.1) is 0 Å². The van der Waals surface area contributed by atoms with Gasteiger partial charge in [0, 0.05) is 13.1 Å². The molecule has 2 saturated heterocycles. The standard InChI is InChI=1S/C16H27N3O4/c1-6-11(2)23-17-14(20)19-12-7-8-13(19)10-18(9-12)15(21)22-16(3,4)5/h6,11-13H,1,7-10H2,2-5H3,(H,17,20). The van der Waals surface area contributed by atoms with Crippen molar-refractivity contribution >= 4 is 12.1 Å². The summed E-state index contributed by atoms with van der Waals surface area (Å²) in [5.74, 6) is 0. The van der Waals surface area contributed by atoms with Gasteiger partial charge < -0.3 is 14.5 Å². The molecule has 0 aromatic carbocycles. The molecule has 130 valence electrons. The number of hydroxylamine groups is 1. The predicted molar refractivity (Wildman–Crippen MR) is 85.7 cm³/mol. The van der Waals surface area contributed by atoms with Gasteiger partial charge in [-0.05, 0) is 40.5 Å². The Morgan fingerprint density at radius 2 is 1.83 bits per heavy atom. The van der Waals surface area contributed by atoms with Crippen LogP contribution in [-0.2, 0) is 9.57 Å². The quantitative estimate of drug-likeness (QED) is 0.638. The van der Waals surface area contributed by atoms with Crippen molar-refractivity contribution in [1.29, 1.82) is 0 Å². The first-order valence-electron chi connectivity index (χ1n) is 8.05. The Labute approximate surface area is 137 Å². The van der Waals surface area contributed by atoms with Gasteiger partial charge in [-0.1, -0.05) is 6.08 Å². The summed E-state index contributed by atoms with van der Waals surface area (Å²) in [7, 11) is 0. The largest absolute Gasteiger partial charge is 0.444 e. The van der Waals surface area contributed by atoms with Crippen molar-refractivity contribution < 1.29 is 19.2 Å². The average Bonchev–Trinajstić information content (AvgIpc) is 2.72. The number of carbonyl (C=O) groups is 2. The molecule has 0 spiro atoms. The van der Waals surface area contributed by atoms with Crippen molar-refractivity contribution in [2.75, 3.05) is 13.1 Å². The topological polar surface area (TPSA) is 71.1 Å². The lowest BCUT2D eigenvalue weighted by molar-refractivity contribution is -0.00738. The minimum Gasteiger partial charge on any atom is -0.444 e. The van der Waals surface area contributed by atoms with Crippen LogP contribution >= 0.6 is 0 Å². The number of carbonyl (C=O) groups excluding carboxylic acids is 2. The molecule has 2 fully saturated rings. The van der Waals surface area contributed by atoms with Gasteiger partial charge in [-0.25, -0.2) is 15.1 Å². The van der Waals surface area contributed by atoms with Crippen LogP contribution in [0.5, 0.6) is 0 Å². The fourth-order valence-electron chi connectivity index (χ4n) is 2.95. The number of amides is 3. The van der Waals surface area contributed by atoms with Gasteiger partial charge in [-0.2, -0.15) is 0 Å². The average molecular weight is 325 g/mol. The summed E-state index contributed by atoms with van der Waals surface area (Å²) < 4.78 is 5.42. The van der Waals surface area contributed by atoms with Crippen molar-refractivity contribution in [1.82, 2.24) is 15.3 Å². The molecule has 3 atom stereocenters. The molecular formula is C16H27N3O4. The second-order valence-corrected chi connectivity index (χ2v) is 7.14.